The normalized spacial score (nSPS) is 17.4. The lowest BCUT2D eigenvalue weighted by Gasteiger charge is -2.25. The molecule has 0 spiro atoms. The lowest BCUT2D eigenvalue weighted by Crippen LogP contribution is -2.31. The van der Waals surface area contributed by atoms with Gasteiger partial charge in [-0.1, -0.05) is 18.6 Å². The van der Waals surface area contributed by atoms with Crippen molar-refractivity contribution in [1.82, 2.24) is 4.90 Å². The number of aliphatic hydroxyl groups excluding tert-OH is 1. The number of carbonyl (C=O) groups excluding carboxylic acids is 2. The van der Waals surface area contributed by atoms with Crippen LogP contribution in [0.2, 0.25) is 0 Å². The lowest BCUT2D eigenvalue weighted by molar-refractivity contribution is -0.385. The number of halogens is 1. The maximum atomic E-state index is 13.3. The molecule has 1 amide bonds. The number of hydrogen-bond donors (Lipinski definition) is 2. The number of rotatable bonds is 9. The summed E-state index contributed by atoms with van der Waals surface area (Å²) >= 11 is 0. The number of amides is 1. The summed E-state index contributed by atoms with van der Waals surface area (Å²) < 4.78 is 13.3. The molecule has 2 N–H and O–H groups in total. The van der Waals surface area contributed by atoms with Gasteiger partial charge in [-0.15, -0.1) is 0 Å². The van der Waals surface area contributed by atoms with Gasteiger partial charge in [0.05, 0.1) is 22.1 Å². The summed E-state index contributed by atoms with van der Waals surface area (Å²) in [5.74, 6) is -4.02. The van der Waals surface area contributed by atoms with Crippen LogP contribution < -0.4 is 0 Å². The first-order valence-corrected chi connectivity index (χ1v) is 10.2. The van der Waals surface area contributed by atoms with E-state index in [2.05, 4.69) is 0 Å². The number of hydrogen-bond acceptors (Lipinski definition) is 6. The van der Waals surface area contributed by atoms with Gasteiger partial charge in [-0.05, 0) is 43.2 Å². The molecule has 2 aromatic rings. The number of nitro benzene ring substituents is 1. The van der Waals surface area contributed by atoms with Crippen molar-refractivity contribution in [2.75, 3.05) is 6.54 Å². The van der Waals surface area contributed by atoms with Crippen LogP contribution >= 0.6 is 0 Å². The van der Waals surface area contributed by atoms with Crippen LogP contribution in [-0.2, 0) is 14.4 Å². The maximum absolute atomic E-state index is 13.3. The fourth-order valence-electron chi connectivity index (χ4n) is 3.82. The number of Topliss-reactive ketones (excluding diaryl/α,β-unsaturated/α-hetero) is 1. The third-order valence-corrected chi connectivity index (χ3v) is 5.38. The van der Waals surface area contributed by atoms with Gasteiger partial charge in [0.25, 0.3) is 17.4 Å². The average molecular weight is 456 g/mol. The van der Waals surface area contributed by atoms with Gasteiger partial charge in [0, 0.05) is 24.6 Å². The Balaban J connectivity index is 2.06. The summed E-state index contributed by atoms with van der Waals surface area (Å²) in [5, 5.41) is 31.3. The standard InChI is InChI=1S/C23H21FN2O7/c24-15-11-9-14(10-12-15)21(29)19-20(16-6-3-4-7-17(16)26(32)33)25(23(31)22(19)30)13-5-1-2-8-18(27)28/h3-4,6-7,9-12,20,29H,1-2,5,8,13H2,(H,27,28)/t20-/m1/s1. The second-order valence-electron chi connectivity index (χ2n) is 7.52. The topological polar surface area (TPSA) is 138 Å². The van der Waals surface area contributed by atoms with E-state index in [1.165, 1.54) is 36.4 Å². The number of carbonyl (C=O) groups is 3. The quantitative estimate of drug-likeness (QED) is 0.146. The zero-order chi connectivity index (χ0) is 24.1. The minimum atomic E-state index is -1.23. The molecule has 1 saturated heterocycles. The van der Waals surface area contributed by atoms with E-state index in [9.17, 15) is 34.0 Å². The average Bonchev–Trinajstić information content (AvgIpc) is 3.03. The smallest absolute Gasteiger partial charge is 0.303 e. The molecule has 0 aromatic heterocycles. The highest BCUT2D eigenvalue weighted by molar-refractivity contribution is 6.46. The van der Waals surface area contributed by atoms with Crippen LogP contribution in [-0.4, -0.2) is 44.2 Å². The summed E-state index contributed by atoms with van der Waals surface area (Å²) in [6.07, 6.45) is 1.13. The first-order chi connectivity index (χ1) is 15.7. The van der Waals surface area contributed by atoms with Gasteiger partial charge in [0.2, 0.25) is 0 Å². The number of nitrogens with zero attached hydrogens (tertiary/aromatic N) is 2. The van der Waals surface area contributed by atoms with Crippen molar-refractivity contribution in [2.45, 2.75) is 31.7 Å². The number of para-hydroxylation sites is 1. The molecule has 1 heterocycles. The van der Waals surface area contributed by atoms with E-state index in [0.29, 0.717) is 19.3 Å². The molecule has 0 radical (unpaired) electrons. The molecule has 1 fully saturated rings. The van der Waals surface area contributed by atoms with Crippen LogP contribution in [0.3, 0.4) is 0 Å². The number of carboxylic acid groups (broad SMARTS) is 1. The zero-order valence-corrected chi connectivity index (χ0v) is 17.4. The number of benzene rings is 2. The van der Waals surface area contributed by atoms with E-state index in [0.717, 1.165) is 17.0 Å². The van der Waals surface area contributed by atoms with Crippen molar-refractivity contribution in [1.29, 1.82) is 0 Å². The van der Waals surface area contributed by atoms with Gasteiger partial charge >= 0.3 is 5.97 Å². The van der Waals surface area contributed by atoms with E-state index in [-0.39, 0.29) is 35.4 Å². The number of aliphatic carboxylic acids is 1. The first kappa shape index (κ1) is 23.6. The molecule has 0 aliphatic carbocycles. The van der Waals surface area contributed by atoms with Crippen LogP contribution in [0.1, 0.15) is 42.9 Å². The highest BCUT2D eigenvalue weighted by Gasteiger charge is 2.47. The molecule has 9 nitrogen and oxygen atoms in total. The minimum absolute atomic E-state index is 0.0289. The van der Waals surface area contributed by atoms with Crippen molar-refractivity contribution >= 4 is 29.1 Å². The molecule has 0 unspecified atom stereocenters. The Morgan fingerprint density at radius 2 is 1.70 bits per heavy atom. The molecular weight excluding hydrogens is 435 g/mol. The molecular formula is C23H21FN2O7. The van der Waals surface area contributed by atoms with Gasteiger partial charge in [-0.3, -0.25) is 24.5 Å². The SMILES string of the molecule is O=C(O)CCCCCN1C(=O)C(=O)C(=C(O)c2ccc(F)cc2)[C@H]1c1ccccc1[N+](=O)[O-]. The first-order valence-electron chi connectivity index (χ1n) is 10.2. The van der Waals surface area contributed by atoms with Crippen LogP contribution in [0.25, 0.3) is 5.76 Å². The van der Waals surface area contributed by atoms with E-state index in [1.54, 1.807) is 0 Å². The molecule has 0 saturated carbocycles. The van der Waals surface area contributed by atoms with Gasteiger partial charge in [0.1, 0.15) is 11.6 Å². The third kappa shape index (κ3) is 5.05. The number of unbranched alkanes of at least 4 members (excludes halogenated alkanes) is 2. The Bertz CT molecular complexity index is 1130. The predicted molar refractivity (Wildman–Crippen MR) is 115 cm³/mol. The van der Waals surface area contributed by atoms with Gasteiger partial charge < -0.3 is 15.1 Å². The summed E-state index contributed by atoms with van der Waals surface area (Å²) in [7, 11) is 0. The van der Waals surface area contributed by atoms with Gasteiger partial charge in [-0.25, -0.2) is 4.39 Å². The fourth-order valence-corrected chi connectivity index (χ4v) is 3.82. The van der Waals surface area contributed by atoms with Gasteiger partial charge in [0.15, 0.2) is 0 Å². The number of likely N-dealkylation sites (tertiary alicyclic amines) is 1. The summed E-state index contributed by atoms with van der Waals surface area (Å²) in [6, 6.07) is 9.01. The van der Waals surface area contributed by atoms with Crippen LogP contribution in [0, 0.1) is 15.9 Å². The van der Waals surface area contributed by atoms with Crippen molar-refractivity contribution < 1.29 is 33.9 Å². The minimum Gasteiger partial charge on any atom is -0.507 e. The zero-order valence-electron chi connectivity index (χ0n) is 17.4. The number of aliphatic hydroxyl groups is 1. The Morgan fingerprint density at radius 3 is 2.33 bits per heavy atom. The molecule has 10 heteroatoms. The summed E-state index contributed by atoms with van der Waals surface area (Å²) in [4.78, 5) is 48.6. The Labute approximate surface area is 187 Å². The number of carboxylic acids is 1. The van der Waals surface area contributed by atoms with Gasteiger partial charge in [-0.2, -0.15) is 0 Å². The van der Waals surface area contributed by atoms with Crippen molar-refractivity contribution in [3.63, 3.8) is 0 Å². The van der Waals surface area contributed by atoms with Crippen LogP contribution in [0.5, 0.6) is 0 Å². The highest BCUT2D eigenvalue weighted by Crippen LogP contribution is 2.42. The molecule has 1 atom stereocenters. The van der Waals surface area contributed by atoms with Crippen molar-refractivity contribution in [2.24, 2.45) is 0 Å². The van der Waals surface area contributed by atoms with E-state index in [1.807, 2.05) is 0 Å². The molecule has 1 aliphatic heterocycles. The largest absolute Gasteiger partial charge is 0.507 e. The van der Waals surface area contributed by atoms with Crippen molar-refractivity contribution in [3.8, 4) is 0 Å². The summed E-state index contributed by atoms with van der Waals surface area (Å²) in [6.45, 7) is 0.0289. The molecule has 2 aromatic carbocycles. The van der Waals surface area contributed by atoms with E-state index < -0.39 is 40.2 Å². The number of nitro groups is 1. The Morgan fingerprint density at radius 1 is 1.03 bits per heavy atom. The monoisotopic (exact) mass is 456 g/mol. The molecule has 3 rings (SSSR count). The Hall–Kier alpha value is -4.08. The highest BCUT2D eigenvalue weighted by atomic mass is 19.1. The predicted octanol–water partition coefficient (Wildman–Crippen LogP) is 3.80. The Kier molecular flexibility index (Phi) is 7.17. The lowest BCUT2D eigenvalue weighted by atomic mass is 9.94. The second kappa shape index (κ2) is 10.0. The third-order valence-electron chi connectivity index (χ3n) is 5.38. The number of ketones is 1. The van der Waals surface area contributed by atoms with Crippen LogP contribution in [0.15, 0.2) is 54.1 Å². The molecule has 1 aliphatic rings. The second-order valence-corrected chi connectivity index (χ2v) is 7.52. The van der Waals surface area contributed by atoms with Crippen molar-refractivity contribution in [3.05, 3.63) is 81.2 Å². The van der Waals surface area contributed by atoms with Crippen LogP contribution in [0.4, 0.5) is 10.1 Å². The molecule has 33 heavy (non-hydrogen) atoms. The molecule has 0 bridgehead atoms. The maximum Gasteiger partial charge on any atom is 0.303 e. The summed E-state index contributed by atoms with van der Waals surface area (Å²) in [5.41, 5.74) is -0.521. The van der Waals surface area contributed by atoms with E-state index in [4.69, 9.17) is 5.11 Å². The molecule has 172 valence electrons. The fraction of sp³-hybridized carbons (Fsp3) is 0.261. The van der Waals surface area contributed by atoms with E-state index >= 15 is 0 Å².